The molecular formula is C104H64N2O2S2. The monoisotopic (exact) mass is 1440 g/mol. The average molecular weight is 1440 g/mol. The van der Waals surface area contributed by atoms with E-state index < -0.39 is 0 Å². The quantitative estimate of drug-likeness (QED) is 0.115. The first kappa shape index (κ1) is 63.4. The predicted octanol–water partition coefficient (Wildman–Crippen LogP) is 31.1. The molecule has 0 radical (unpaired) electrons. The molecule has 0 saturated heterocycles. The zero-order valence-corrected chi connectivity index (χ0v) is 61.1. The van der Waals surface area contributed by atoms with Gasteiger partial charge in [-0.1, -0.05) is 267 Å². The van der Waals surface area contributed by atoms with Gasteiger partial charge in [0.05, 0.1) is 22.7 Å². The standard InChI is InChI=1S/C104H64N2O2S2/c1-2-29-76-65(22-1)23-19-38-79(76)81-31-4-11-41-93(81)106(74-27-17-25-67(58-74)70-50-55-87-86-35-8-15-45-100(86)110-103(87)64-70)95-56-52-69(61-90(95)73-51-54-85-83-33-6-13-43-96(83)108-99(85)63-73)68-49-48-66-24-20-39-80(89(66)60-68)82-32-5-12-42-94(82)105(75-28-18-26-71(59-75)78-37-21-47-102-104(78)88-36-9-16-46-101(88)109-102)92-40-10-3-30-77(92)72-53-57-98-91(62-72)84-34-7-14-44-97(84)107-98/h1-64H. The van der Waals surface area contributed by atoms with Crippen molar-refractivity contribution in [3.05, 3.63) is 388 Å². The average Bonchev–Trinajstić information content (AvgIpc) is 1.25. The fourth-order valence-corrected chi connectivity index (χ4v) is 19.4. The van der Waals surface area contributed by atoms with E-state index in [-0.39, 0.29) is 0 Å². The van der Waals surface area contributed by atoms with Gasteiger partial charge in [0.15, 0.2) is 0 Å². The third-order valence-electron chi connectivity index (χ3n) is 22.3. The first-order valence-electron chi connectivity index (χ1n) is 37.4. The third kappa shape index (κ3) is 10.6. The van der Waals surface area contributed by atoms with Gasteiger partial charge in [0.2, 0.25) is 0 Å². The molecule has 0 bridgehead atoms. The number of nitrogens with zero attached hydrogens (tertiary/aromatic N) is 2. The molecule has 4 aromatic heterocycles. The molecule has 0 aliphatic heterocycles. The van der Waals surface area contributed by atoms with Gasteiger partial charge in [-0.15, -0.1) is 22.7 Å². The summed E-state index contributed by atoms with van der Waals surface area (Å²) in [7, 11) is 0. The highest BCUT2D eigenvalue weighted by Gasteiger charge is 2.27. The Hall–Kier alpha value is -13.9. The lowest BCUT2D eigenvalue weighted by Gasteiger charge is -2.31. The molecule has 0 aliphatic rings. The van der Waals surface area contributed by atoms with Crippen molar-refractivity contribution >= 4 is 163 Å². The van der Waals surface area contributed by atoms with Crippen molar-refractivity contribution in [3.8, 4) is 77.9 Å². The van der Waals surface area contributed by atoms with Crippen LogP contribution in [-0.4, -0.2) is 0 Å². The van der Waals surface area contributed by atoms with E-state index >= 15 is 0 Å². The van der Waals surface area contributed by atoms with Crippen LogP contribution in [0.4, 0.5) is 34.1 Å². The molecule has 22 aromatic rings. The van der Waals surface area contributed by atoms with E-state index in [1.54, 1.807) is 0 Å². The maximum Gasteiger partial charge on any atom is 0.136 e. The van der Waals surface area contributed by atoms with Gasteiger partial charge in [-0.05, 0) is 199 Å². The first-order valence-corrected chi connectivity index (χ1v) is 39.0. The number of fused-ring (bicyclic) bond motifs is 14. The van der Waals surface area contributed by atoms with Gasteiger partial charge in [-0.25, -0.2) is 0 Å². The molecule has 514 valence electrons. The summed E-state index contributed by atoms with van der Waals surface area (Å²) in [5, 5.41) is 14.1. The molecule has 4 heterocycles. The number of hydrogen-bond donors (Lipinski definition) is 0. The molecule has 22 rings (SSSR count). The van der Waals surface area contributed by atoms with Crippen LogP contribution >= 0.6 is 22.7 Å². The van der Waals surface area contributed by atoms with Crippen LogP contribution in [0.1, 0.15) is 0 Å². The molecule has 6 heteroatoms. The third-order valence-corrected chi connectivity index (χ3v) is 24.5. The van der Waals surface area contributed by atoms with Crippen molar-refractivity contribution in [2.75, 3.05) is 9.80 Å². The Balaban J connectivity index is 0.736. The van der Waals surface area contributed by atoms with Crippen LogP contribution in [0.15, 0.2) is 397 Å². The summed E-state index contributed by atoms with van der Waals surface area (Å²) in [6, 6.07) is 143. The molecule has 0 N–H and O–H groups in total. The topological polar surface area (TPSA) is 32.8 Å². The van der Waals surface area contributed by atoms with Crippen LogP contribution in [-0.2, 0) is 0 Å². The van der Waals surface area contributed by atoms with Crippen molar-refractivity contribution in [2.24, 2.45) is 0 Å². The minimum Gasteiger partial charge on any atom is -0.456 e. The van der Waals surface area contributed by atoms with E-state index in [2.05, 4.69) is 392 Å². The highest BCUT2D eigenvalue weighted by Crippen LogP contribution is 2.52. The molecule has 110 heavy (non-hydrogen) atoms. The second-order valence-electron chi connectivity index (χ2n) is 28.5. The predicted molar refractivity (Wildman–Crippen MR) is 469 cm³/mol. The highest BCUT2D eigenvalue weighted by atomic mass is 32.1. The van der Waals surface area contributed by atoms with Crippen LogP contribution in [0, 0.1) is 0 Å². The van der Waals surface area contributed by atoms with E-state index in [0.717, 1.165) is 156 Å². The molecule has 4 nitrogen and oxygen atoms in total. The largest absolute Gasteiger partial charge is 0.456 e. The summed E-state index contributed by atoms with van der Waals surface area (Å²) in [5.74, 6) is 0. The molecule has 0 spiro atoms. The molecular weight excluding hydrogens is 1370 g/mol. The van der Waals surface area contributed by atoms with Crippen molar-refractivity contribution in [1.29, 1.82) is 0 Å². The second-order valence-corrected chi connectivity index (χ2v) is 30.7. The van der Waals surface area contributed by atoms with Gasteiger partial charge < -0.3 is 18.6 Å². The van der Waals surface area contributed by atoms with Gasteiger partial charge in [-0.2, -0.15) is 0 Å². The van der Waals surface area contributed by atoms with Gasteiger partial charge in [0.25, 0.3) is 0 Å². The Morgan fingerprint density at radius 2 is 0.591 bits per heavy atom. The van der Waals surface area contributed by atoms with E-state index in [1.165, 1.54) is 62.2 Å². The fraction of sp³-hybridized carbons (Fsp3) is 0. The summed E-state index contributed by atoms with van der Waals surface area (Å²) in [6.45, 7) is 0. The van der Waals surface area contributed by atoms with Crippen LogP contribution < -0.4 is 9.80 Å². The van der Waals surface area contributed by atoms with E-state index in [9.17, 15) is 0 Å². The summed E-state index contributed by atoms with van der Waals surface area (Å²) in [5.41, 5.74) is 25.3. The van der Waals surface area contributed by atoms with Crippen LogP contribution in [0.5, 0.6) is 0 Å². The number of hydrogen-bond acceptors (Lipinski definition) is 6. The van der Waals surface area contributed by atoms with Gasteiger partial charge in [0.1, 0.15) is 22.3 Å². The molecule has 0 aliphatic carbocycles. The Bertz CT molecular complexity index is 7470. The zero-order chi connectivity index (χ0) is 72.3. The molecule has 0 atom stereocenters. The Morgan fingerprint density at radius 1 is 0.182 bits per heavy atom. The summed E-state index contributed by atoms with van der Waals surface area (Å²) >= 11 is 3.71. The maximum absolute atomic E-state index is 6.81. The molecule has 18 aromatic carbocycles. The van der Waals surface area contributed by atoms with Gasteiger partial charge in [-0.3, -0.25) is 0 Å². The smallest absolute Gasteiger partial charge is 0.136 e. The fourth-order valence-electron chi connectivity index (χ4n) is 17.2. The van der Waals surface area contributed by atoms with E-state index in [4.69, 9.17) is 8.83 Å². The Kier molecular flexibility index (Phi) is 15.0. The normalized spacial score (nSPS) is 11.8. The summed E-state index contributed by atoms with van der Waals surface area (Å²) < 4.78 is 18.4. The maximum atomic E-state index is 6.81. The van der Waals surface area contributed by atoms with Crippen molar-refractivity contribution in [3.63, 3.8) is 0 Å². The van der Waals surface area contributed by atoms with Gasteiger partial charge in [0, 0.05) is 95.5 Å². The first-order chi connectivity index (χ1) is 54.5. The number of rotatable bonds is 13. The molecule has 0 fully saturated rings. The minimum absolute atomic E-state index is 0.833. The van der Waals surface area contributed by atoms with Crippen molar-refractivity contribution in [1.82, 2.24) is 0 Å². The Morgan fingerprint density at radius 3 is 1.35 bits per heavy atom. The number of furan rings is 2. The van der Waals surface area contributed by atoms with Crippen LogP contribution in [0.3, 0.4) is 0 Å². The summed E-state index contributed by atoms with van der Waals surface area (Å²) in [6.07, 6.45) is 0. The van der Waals surface area contributed by atoms with E-state index in [0.29, 0.717) is 0 Å². The summed E-state index contributed by atoms with van der Waals surface area (Å²) in [4.78, 5) is 4.99. The second kappa shape index (κ2) is 26.0. The Labute approximate surface area is 642 Å². The lowest BCUT2D eigenvalue weighted by atomic mass is 9.91. The number of benzene rings is 18. The molecule has 0 saturated carbocycles. The minimum atomic E-state index is 0.833. The number of anilines is 6. The van der Waals surface area contributed by atoms with Gasteiger partial charge >= 0.3 is 0 Å². The lowest BCUT2D eigenvalue weighted by molar-refractivity contribution is 0.668. The zero-order valence-electron chi connectivity index (χ0n) is 59.5. The SMILES string of the molecule is c1cc(-c2ccc3c(c2)sc2ccccc23)cc(N(c2ccc(-c3ccc4cccc(-c5ccccc5N(c5cccc(-c6cccc7sc8ccccc8c67)c5)c5ccccc5-c5ccc6oc7ccccc7c6c5)c4c3)cc2-c2ccc3c(c2)oc2ccccc23)c2ccccc2-c2cccc3ccccc23)c1. The number of para-hydroxylation sites is 5. The number of thiophene rings is 2. The van der Waals surface area contributed by atoms with E-state index in [1.807, 2.05) is 28.7 Å². The lowest BCUT2D eigenvalue weighted by Crippen LogP contribution is -2.13. The van der Waals surface area contributed by atoms with Crippen LogP contribution in [0.25, 0.3) is 184 Å². The molecule has 0 unspecified atom stereocenters. The van der Waals surface area contributed by atoms with Crippen LogP contribution in [0.2, 0.25) is 0 Å². The van der Waals surface area contributed by atoms with Crippen molar-refractivity contribution in [2.45, 2.75) is 0 Å². The van der Waals surface area contributed by atoms with Crippen molar-refractivity contribution < 1.29 is 8.83 Å². The molecule has 0 amide bonds. The highest BCUT2D eigenvalue weighted by molar-refractivity contribution is 7.26.